The number of halogens is 2. The molecule has 0 aromatic heterocycles. The first-order valence-corrected chi connectivity index (χ1v) is 8.60. The number of rotatable bonds is 3. The van der Waals surface area contributed by atoms with Crippen molar-refractivity contribution in [1.82, 2.24) is 4.90 Å². The van der Waals surface area contributed by atoms with E-state index in [0.717, 1.165) is 32.7 Å². The molecule has 0 radical (unpaired) electrons. The van der Waals surface area contributed by atoms with Gasteiger partial charge < -0.3 is 4.90 Å². The van der Waals surface area contributed by atoms with Crippen LogP contribution in [-0.4, -0.2) is 11.4 Å². The summed E-state index contributed by atoms with van der Waals surface area (Å²) in [5, 5.41) is 0. The van der Waals surface area contributed by atoms with E-state index in [-0.39, 0.29) is 5.82 Å². The van der Waals surface area contributed by atoms with Crippen LogP contribution in [0.2, 0.25) is 0 Å². The summed E-state index contributed by atoms with van der Waals surface area (Å²) in [6.07, 6.45) is 2.09. The predicted octanol–water partition coefficient (Wildman–Crippen LogP) is 5.86. The predicted molar refractivity (Wildman–Crippen MR) is 103 cm³/mol. The molecule has 0 amide bonds. The molecular weight excluding hydrogens is 400 g/mol. The molecule has 116 valence electrons. The van der Waals surface area contributed by atoms with E-state index in [9.17, 15) is 4.39 Å². The highest BCUT2D eigenvalue weighted by Crippen LogP contribution is 2.41. The minimum atomic E-state index is -0.215. The number of hydrogen-bond acceptors (Lipinski definition) is 1. The van der Waals surface area contributed by atoms with Gasteiger partial charge in [0.15, 0.2) is 0 Å². The highest BCUT2D eigenvalue weighted by molar-refractivity contribution is 14.1. The Hall–Kier alpha value is -1.88. The second kappa shape index (κ2) is 6.71. The molecule has 0 saturated heterocycles. The van der Waals surface area contributed by atoms with Gasteiger partial charge in [-0.25, -0.2) is 4.39 Å². The lowest BCUT2D eigenvalue weighted by Crippen LogP contribution is -2.25. The summed E-state index contributed by atoms with van der Waals surface area (Å²) in [6.45, 7) is 6.97. The summed E-state index contributed by atoms with van der Waals surface area (Å²) in [7, 11) is 0. The average Bonchev–Trinajstić information content (AvgIpc) is 2.58. The number of nitrogens with zero attached hydrogens (tertiary/aromatic N) is 1. The van der Waals surface area contributed by atoms with E-state index >= 15 is 0 Å². The van der Waals surface area contributed by atoms with Gasteiger partial charge in [0, 0.05) is 27.0 Å². The van der Waals surface area contributed by atoms with Gasteiger partial charge in [0.05, 0.1) is 5.70 Å². The topological polar surface area (TPSA) is 3.24 Å². The van der Waals surface area contributed by atoms with E-state index in [4.69, 9.17) is 0 Å². The third-order valence-electron chi connectivity index (χ3n) is 3.93. The molecule has 0 fully saturated rings. The van der Waals surface area contributed by atoms with Gasteiger partial charge in [0.25, 0.3) is 0 Å². The van der Waals surface area contributed by atoms with Crippen molar-refractivity contribution in [3.05, 3.63) is 93.5 Å². The molecule has 0 spiro atoms. The van der Waals surface area contributed by atoms with E-state index in [2.05, 4.69) is 59.2 Å². The number of allylic oxidation sites excluding steroid dienone is 3. The molecule has 3 heteroatoms. The van der Waals surface area contributed by atoms with Crippen LogP contribution in [-0.2, 0) is 0 Å². The molecular formula is C20H17FIN. The highest BCUT2D eigenvalue weighted by Gasteiger charge is 2.25. The number of likely N-dealkylation sites (N-methyl/N-ethyl adjacent to an activating group) is 1. The second-order valence-electron chi connectivity index (χ2n) is 5.29. The Morgan fingerprint density at radius 2 is 1.70 bits per heavy atom. The molecule has 0 atom stereocenters. The van der Waals surface area contributed by atoms with Crippen molar-refractivity contribution in [3.63, 3.8) is 0 Å². The molecule has 2 aromatic carbocycles. The highest BCUT2D eigenvalue weighted by atomic mass is 127. The van der Waals surface area contributed by atoms with Gasteiger partial charge in [-0.1, -0.05) is 49.0 Å². The Balaban J connectivity index is 2.32. The fourth-order valence-electron chi connectivity index (χ4n) is 2.82. The maximum atomic E-state index is 14.5. The van der Waals surface area contributed by atoms with Gasteiger partial charge in [-0.2, -0.15) is 0 Å². The van der Waals surface area contributed by atoms with Crippen LogP contribution in [0.4, 0.5) is 4.39 Å². The van der Waals surface area contributed by atoms with Crippen molar-refractivity contribution in [3.8, 4) is 0 Å². The minimum absolute atomic E-state index is 0.215. The Bertz CT molecular complexity index is 805. The zero-order chi connectivity index (χ0) is 16.4. The maximum absolute atomic E-state index is 14.5. The molecule has 0 N–H and O–H groups in total. The molecule has 23 heavy (non-hydrogen) atoms. The molecule has 1 aliphatic heterocycles. The maximum Gasteiger partial charge on any atom is 0.132 e. The SMILES string of the molecule is C=C1C(I)=CC(c2ccccc2)=C(c2ccccc2F)N1CC. The molecule has 1 aliphatic rings. The normalized spacial score (nSPS) is 15.0. The van der Waals surface area contributed by atoms with E-state index < -0.39 is 0 Å². The van der Waals surface area contributed by atoms with Crippen LogP contribution in [0, 0.1) is 5.82 Å². The fraction of sp³-hybridized carbons (Fsp3) is 0.100. The van der Waals surface area contributed by atoms with Gasteiger partial charge in [-0.05, 0) is 53.3 Å². The molecule has 0 bridgehead atoms. The number of hydrogen-bond donors (Lipinski definition) is 0. The summed E-state index contributed by atoms with van der Waals surface area (Å²) in [5.74, 6) is -0.215. The minimum Gasteiger partial charge on any atom is -0.340 e. The fourth-order valence-corrected chi connectivity index (χ4v) is 3.42. The molecule has 0 saturated carbocycles. The van der Waals surface area contributed by atoms with Crippen molar-refractivity contribution in [2.24, 2.45) is 0 Å². The lowest BCUT2D eigenvalue weighted by atomic mass is 9.94. The summed E-state index contributed by atoms with van der Waals surface area (Å²) < 4.78 is 15.6. The Labute approximate surface area is 150 Å². The van der Waals surface area contributed by atoms with Crippen LogP contribution in [0.1, 0.15) is 18.1 Å². The molecule has 3 rings (SSSR count). The molecule has 0 aliphatic carbocycles. The zero-order valence-electron chi connectivity index (χ0n) is 12.9. The Morgan fingerprint density at radius 3 is 2.35 bits per heavy atom. The summed E-state index contributed by atoms with van der Waals surface area (Å²) in [4.78, 5) is 2.09. The van der Waals surface area contributed by atoms with Crippen molar-refractivity contribution >= 4 is 33.9 Å². The van der Waals surface area contributed by atoms with Crippen LogP contribution in [0.3, 0.4) is 0 Å². The van der Waals surface area contributed by atoms with Gasteiger partial charge in [-0.15, -0.1) is 0 Å². The van der Waals surface area contributed by atoms with Crippen LogP contribution >= 0.6 is 22.6 Å². The van der Waals surface area contributed by atoms with E-state index in [0.29, 0.717) is 5.56 Å². The van der Waals surface area contributed by atoms with Gasteiger partial charge in [-0.3, -0.25) is 0 Å². The summed E-state index contributed by atoms with van der Waals surface area (Å²) >= 11 is 2.29. The van der Waals surface area contributed by atoms with Crippen molar-refractivity contribution < 1.29 is 4.39 Å². The van der Waals surface area contributed by atoms with E-state index in [1.54, 1.807) is 6.07 Å². The second-order valence-corrected chi connectivity index (χ2v) is 6.45. The smallest absolute Gasteiger partial charge is 0.132 e. The molecule has 2 aromatic rings. The van der Waals surface area contributed by atoms with Crippen LogP contribution in [0.5, 0.6) is 0 Å². The van der Waals surface area contributed by atoms with Crippen LogP contribution in [0.15, 0.2) is 76.5 Å². The van der Waals surface area contributed by atoms with Gasteiger partial charge in [0.2, 0.25) is 0 Å². The van der Waals surface area contributed by atoms with E-state index in [1.165, 1.54) is 6.07 Å². The van der Waals surface area contributed by atoms with Crippen molar-refractivity contribution in [2.75, 3.05) is 6.54 Å². The number of benzene rings is 2. The van der Waals surface area contributed by atoms with E-state index in [1.807, 2.05) is 30.3 Å². The Kier molecular flexibility index (Phi) is 4.66. The lowest BCUT2D eigenvalue weighted by Gasteiger charge is -2.34. The van der Waals surface area contributed by atoms with Crippen LogP contribution in [0.25, 0.3) is 11.3 Å². The van der Waals surface area contributed by atoms with Crippen LogP contribution < -0.4 is 0 Å². The van der Waals surface area contributed by atoms with Crippen molar-refractivity contribution in [1.29, 1.82) is 0 Å². The first kappa shape index (κ1) is 16.0. The summed E-state index contributed by atoms with van der Waals surface area (Å²) in [5.41, 5.74) is 4.49. The first-order valence-electron chi connectivity index (χ1n) is 7.52. The van der Waals surface area contributed by atoms with Gasteiger partial charge in [0.1, 0.15) is 5.82 Å². The Morgan fingerprint density at radius 1 is 1.04 bits per heavy atom. The third-order valence-corrected chi connectivity index (χ3v) is 4.86. The lowest BCUT2D eigenvalue weighted by molar-refractivity contribution is 0.523. The zero-order valence-corrected chi connectivity index (χ0v) is 15.0. The monoisotopic (exact) mass is 417 g/mol. The molecule has 1 heterocycles. The van der Waals surface area contributed by atoms with Crippen molar-refractivity contribution in [2.45, 2.75) is 6.92 Å². The molecule has 1 nitrogen and oxygen atoms in total. The quantitative estimate of drug-likeness (QED) is 0.566. The van der Waals surface area contributed by atoms with Gasteiger partial charge >= 0.3 is 0 Å². The standard InChI is InChI=1S/C20H17FIN/c1-3-23-14(2)19(22)13-17(15-9-5-4-6-10-15)20(23)16-11-7-8-12-18(16)21/h4-13H,2-3H2,1H3. The largest absolute Gasteiger partial charge is 0.340 e. The third kappa shape index (κ3) is 2.98. The molecule has 0 unspecified atom stereocenters. The average molecular weight is 417 g/mol. The first-order chi connectivity index (χ1) is 11.1. The summed E-state index contributed by atoms with van der Waals surface area (Å²) in [6, 6.07) is 17.0.